The summed E-state index contributed by atoms with van der Waals surface area (Å²) in [5.41, 5.74) is 3.11. The number of hydrogen-bond acceptors (Lipinski definition) is 9. The second-order valence-corrected chi connectivity index (χ2v) is 20.0. The van der Waals surface area contributed by atoms with Crippen molar-refractivity contribution in [3.05, 3.63) is 95.9 Å². The first-order chi connectivity index (χ1) is 22.6. The van der Waals surface area contributed by atoms with Crippen molar-refractivity contribution in [1.82, 2.24) is 15.0 Å². The number of pyridine rings is 2. The van der Waals surface area contributed by atoms with E-state index in [9.17, 15) is 17.2 Å². The Balaban J connectivity index is 1.39. The first-order valence-corrected chi connectivity index (χ1v) is 20.3. The zero-order valence-corrected chi connectivity index (χ0v) is 30.3. The average molecular weight is 710 g/mol. The number of anilines is 2. The van der Waals surface area contributed by atoms with Gasteiger partial charge in [0, 0.05) is 35.6 Å². The number of thiazole rings is 1. The predicted molar refractivity (Wildman–Crippen MR) is 189 cm³/mol. The predicted octanol–water partition coefficient (Wildman–Crippen LogP) is 8.66. The number of aryl methyl sites for hydroxylation is 1. The number of halogens is 2. The Labute approximate surface area is 284 Å². The van der Waals surface area contributed by atoms with Gasteiger partial charge in [0.15, 0.2) is 33.3 Å². The molecule has 0 saturated heterocycles. The van der Waals surface area contributed by atoms with Crippen LogP contribution >= 0.6 is 11.3 Å². The SMILES string of the molecule is COc1cccc(CNc2cnc(S(=O)(=O)Nc3nc(-c4ccc(F)c(F)c4)c(-c4cccnc4)s3)c(C)c2)c1O[Si](C)(C)C(C)(C)C. The van der Waals surface area contributed by atoms with Crippen LogP contribution in [0, 0.1) is 18.6 Å². The molecule has 0 atom stereocenters. The first-order valence-electron chi connectivity index (χ1n) is 15.0. The van der Waals surface area contributed by atoms with E-state index >= 15 is 0 Å². The quantitative estimate of drug-likeness (QED) is 0.131. The maximum absolute atomic E-state index is 14.1. The maximum atomic E-state index is 14.1. The third-order valence-electron chi connectivity index (χ3n) is 8.18. The van der Waals surface area contributed by atoms with Gasteiger partial charge >= 0.3 is 0 Å². The highest BCUT2D eigenvalue weighted by Crippen LogP contribution is 2.42. The lowest BCUT2D eigenvalue weighted by atomic mass is 10.1. The monoisotopic (exact) mass is 709 g/mol. The fourth-order valence-corrected chi connectivity index (χ4v) is 8.00. The van der Waals surface area contributed by atoms with E-state index < -0.39 is 30.0 Å². The number of ether oxygens (including phenoxy) is 1. The molecule has 5 rings (SSSR count). The van der Waals surface area contributed by atoms with E-state index in [1.54, 1.807) is 44.6 Å². The van der Waals surface area contributed by atoms with E-state index in [1.165, 1.54) is 12.3 Å². The number of para-hydroxylation sites is 1. The van der Waals surface area contributed by atoms with Gasteiger partial charge in [0.25, 0.3) is 18.3 Å². The summed E-state index contributed by atoms with van der Waals surface area (Å²) in [5, 5.41) is 3.17. The molecule has 0 aliphatic heterocycles. The Morgan fingerprint density at radius 1 is 0.979 bits per heavy atom. The van der Waals surface area contributed by atoms with E-state index in [0.29, 0.717) is 39.7 Å². The fraction of sp³-hybridized carbons (Fsp3) is 0.265. The number of nitrogens with zero attached hydrogens (tertiary/aromatic N) is 3. The van der Waals surface area contributed by atoms with Crippen LogP contribution in [0.2, 0.25) is 18.1 Å². The number of benzene rings is 2. The Hall–Kier alpha value is -4.40. The Morgan fingerprint density at radius 2 is 1.75 bits per heavy atom. The second kappa shape index (κ2) is 13.6. The lowest BCUT2D eigenvalue weighted by Gasteiger charge is -2.37. The number of nitrogens with one attached hydrogen (secondary N) is 2. The summed E-state index contributed by atoms with van der Waals surface area (Å²) in [4.78, 5) is 13.4. The molecule has 0 aliphatic carbocycles. The van der Waals surface area contributed by atoms with Gasteiger partial charge < -0.3 is 14.5 Å². The summed E-state index contributed by atoms with van der Waals surface area (Å²) in [5.74, 6) is -0.716. The third kappa shape index (κ3) is 7.50. The van der Waals surface area contributed by atoms with Crippen LogP contribution in [0.4, 0.5) is 19.6 Å². The summed E-state index contributed by atoms with van der Waals surface area (Å²) < 4.78 is 69.7. The molecule has 9 nitrogen and oxygen atoms in total. The summed E-state index contributed by atoms with van der Waals surface area (Å²) in [6.45, 7) is 12.9. The van der Waals surface area contributed by atoms with Gasteiger partial charge in [-0.1, -0.05) is 50.3 Å². The summed E-state index contributed by atoms with van der Waals surface area (Å²) in [7, 11) is -4.75. The molecule has 3 heterocycles. The molecule has 14 heteroatoms. The molecule has 0 amide bonds. The fourth-order valence-electron chi connectivity index (χ4n) is 4.58. The number of sulfonamides is 1. The molecule has 3 aromatic heterocycles. The molecule has 0 aliphatic rings. The smallest absolute Gasteiger partial charge is 0.281 e. The largest absolute Gasteiger partial charge is 0.541 e. The number of rotatable bonds is 11. The summed E-state index contributed by atoms with van der Waals surface area (Å²) >= 11 is 1.05. The molecular weight excluding hydrogens is 673 g/mol. The minimum atomic E-state index is -4.18. The number of hydrogen-bond donors (Lipinski definition) is 2. The molecule has 0 spiro atoms. The summed E-state index contributed by atoms with van der Waals surface area (Å²) in [6.07, 6.45) is 4.63. The van der Waals surface area contributed by atoms with Crippen LogP contribution in [0.15, 0.2) is 78.2 Å². The number of aromatic nitrogens is 3. The maximum Gasteiger partial charge on any atom is 0.281 e. The van der Waals surface area contributed by atoms with Crippen LogP contribution < -0.4 is 19.2 Å². The minimum Gasteiger partial charge on any atom is -0.541 e. The van der Waals surface area contributed by atoms with Gasteiger partial charge in [0.2, 0.25) is 0 Å². The molecule has 48 heavy (non-hydrogen) atoms. The summed E-state index contributed by atoms with van der Waals surface area (Å²) in [6, 6.07) is 14.3. The Kier molecular flexibility index (Phi) is 9.90. The van der Waals surface area contributed by atoms with Gasteiger partial charge in [0.1, 0.15) is 0 Å². The van der Waals surface area contributed by atoms with Gasteiger partial charge in [0.05, 0.1) is 29.6 Å². The Morgan fingerprint density at radius 3 is 2.40 bits per heavy atom. The van der Waals surface area contributed by atoms with Crippen LogP contribution in [0.5, 0.6) is 11.5 Å². The zero-order chi connectivity index (χ0) is 34.9. The van der Waals surface area contributed by atoms with E-state index in [0.717, 1.165) is 29.0 Å². The highest BCUT2D eigenvalue weighted by Gasteiger charge is 2.40. The molecule has 252 valence electrons. The van der Waals surface area contributed by atoms with E-state index in [2.05, 4.69) is 58.9 Å². The van der Waals surface area contributed by atoms with Crippen molar-refractivity contribution in [2.24, 2.45) is 0 Å². The van der Waals surface area contributed by atoms with Crippen LogP contribution in [0.3, 0.4) is 0 Å². The number of methoxy groups -OCH3 is 1. The minimum absolute atomic E-state index is 0.0195. The van der Waals surface area contributed by atoms with Crippen molar-refractivity contribution >= 4 is 40.5 Å². The normalized spacial score (nSPS) is 12.1. The van der Waals surface area contributed by atoms with Gasteiger partial charge in [-0.25, -0.2) is 18.7 Å². The third-order valence-corrected chi connectivity index (χ3v) is 15.1. The molecular formula is C34H37F2N5O4S2Si. The van der Waals surface area contributed by atoms with Crippen LogP contribution in [0.25, 0.3) is 21.7 Å². The molecule has 2 aromatic carbocycles. The van der Waals surface area contributed by atoms with Gasteiger partial charge in [-0.3, -0.25) is 9.71 Å². The van der Waals surface area contributed by atoms with Crippen molar-refractivity contribution in [2.75, 3.05) is 17.1 Å². The van der Waals surface area contributed by atoms with Crippen molar-refractivity contribution in [2.45, 2.75) is 57.4 Å². The van der Waals surface area contributed by atoms with Gasteiger partial charge in [-0.05, 0) is 67.0 Å². The zero-order valence-electron chi connectivity index (χ0n) is 27.7. The van der Waals surface area contributed by atoms with Gasteiger partial charge in [-0.15, -0.1) is 0 Å². The molecule has 0 radical (unpaired) electrons. The highest BCUT2D eigenvalue weighted by molar-refractivity contribution is 7.92. The molecule has 0 fully saturated rings. The lowest BCUT2D eigenvalue weighted by Crippen LogP contribution is -2.44. The van der Waals surface area contributed by atoms with Crippen LogP contribution in [-0.4, -0.2) is 38.8 Å². The molecule has 0 unspecified atom stereocenters. The van der Waals surface area contributed by atoms with E-state index in [4.69, 9.17) is 9.16 Å². The molecule has 2 N–H and O–H groups in total. The van der Waals surface area contributed by atoms with Crippen molar-refractivity contribution in [3.63, 3.8) is 0 Å². The second-order valence-electron chi connectivity index (χ2n) is 12.7. The van der Waals surface area contributed by atoms with Crippen molar-refractivity contribution < 1.29 is 26.4 Å². The molecule has 0 saturated carbocycles. The lowest BCUT2D eigenvalue weighted by molar-refractivity contribution is 0.384. The Bertz CT molecular complexity index is 2050. The van der Waals surface area contributed by atoms with E-state index in [-0.39, 0.29) is 26.5 Å². The molecule has 5 aromatic rings. The topological polar surface area (TPSA) is 115 Å². The molecule has 0 bridgehead atoms. The van der Waals surface area contributed by atoms with Crippen molar-refractivity contribution in [3.8, 4) is 33.2 Å². The first kappa shape index (κ1) is 34.9. The van der Waals surface area contributed by atoms with E-state index in [1.807, 2.05) is 18.2 Å². The average Bonchev–Trinajstić information content (AvgIpc) is 3.44. The highest BCUT2D eigenvalue weighted by atomic mass is 32.2. The standard InChI is InChI=1S/C34H37F2N5O4S2Si/c1-21-16-25(38-19-23-10-8-12-28(44-5)30(23)45-48(6,7)34(2,3)4)20-39-32(21)47(42,43)41-33-40-29(22-13-14-26(35)27(36)17-22)31(46-33)24-11-9-15-37-18-24/h8-18,20,38H,19H2,1-7H3,(H,40,41). The van der Waals surface area contributed by atoms with Crippen LogP contribution in [0.1, 0.15) is 31.9 Å². The van der Waals surface area contributed by atoms with Crippen LogP contribution in [-0.2, 0) is 16.6 Å². The van der Waals surface area contributed by atoms with Gasteiger partial charge in [-0.2, -0.15) is 8.42 Å². The van der Waals surface area contributed by atoms with Crippen molar-refractivity contribution in [1.29, 1.82) is 0 Å².